The number of likely N-dealkylation sites (tertiary alicyclic amines) is 1. The van der Waals surface area contributed by atoms with E-state index in [0.29, 0.717) is 0 Å². The molecule has 0 aromatic rings. The Bertz CT molecular complexity index is 353. The van der Waals surface area contributed by atoms with Crippen molar-refractivity contribution >= 4 is 6.09 Å². The first-order chi connectivity index (χ1) is 10.3. The first kappa shape index (κ1) is 17.6. The number of fused-ring (bicyclic) bond motifs is 1. The van der Waals surface area contributed by atoms with Crippen molar-refractivity contribution in [2.24, 2.45) is 17.8 Å². The van der Waals surface area contributed by atoms with E-state index in [-0.39, 0.29) is 13.1 Å². The minimum Gasteiger partial charge on any atom is -0.444 e. The topological polar surface area (TPSA) is 41.6 Å². The number of hydrogen-bond acceptors (Lipinski definition) is 3. The molecule has 2 heterocycles. The number of carbonyl (C=O) groups excluding carboxylic acids is 1. The lowest BCUT2D eigenvalue weighted by atomic mass is 10.0. The van der Waals surface area contributed by atoms with Crippen LogP contribution >= 0.6 is 0 Å². The van der Waals surface area contributed by atoms with E-state index >= 15 is 0 Å². The van der Waals surface area contributed by atoms with Crippen LogP contribution in [0.25, 0.3) is 0 Å². The summed E-state index contributed by atoms with van der Waals surface area (Å²) in [4.78, 5) is 13.7. The second kappa shape index (κ2) is 7.67. The number of amides is 1. The van der Waals surface area contributed by atoms with Gasteiger partial charge < -0.3 is 15.0 Å². The van der Waals surface area contributed by atoms with Crippen LogP contribution in [0.5, 0.6) is 0 Å². The summed E-state index contributed by atoms with van der Waals surface area (Å²) >= 11 is 0. The van der Waals surface area contributed by atoms with E-state index < -0.39 is 0 Å². The zero-order valence-corrected chi connectivity index (χ0v) is 14.9. The molecule has 2 atom stereocenters. The van der Waals surface area contributed by atoms with Crippen LogP contribution in [-0.4, -0.2) is 42.8 Å². The molecule has 4 nitrogen and oxygen atoms in total. The molecule has 4 heteroatoms. The average molecular weight is 312 g/mol. The molecule has 0 spiro atoms. The van der Waals surface area contributed by atoms with Gasteiger partial charge in [-0.2, -0.15) is 0 Å². The largest absolute Gasteiger partial charge is 0.444 e. The van der Waals surface area contributed by atoms with Crippen molar-refractivity contribution in [3.8, 4) is 0 Å². The van der Waals surface area contributed by atoms with E-state index in [9.17, 15) is 4.79 Å². The van der Waals surface area contributed by atoms with Crippen molar-refractivity contribution in [3.63, 3.8) is 0 Å². The summed E-state index contributed by atoms with van der Waals surface area (Å²) in [7, 11) is 0. The zero-order valence-electron chi connectivity index (χ0n) is 14.9. The third-order valence-corrected chi connectivity index (χ3v) is 5.01. The summed E-state index contributed by atoms with van der Waals surface area (Å²) < 4.78 is 5.37. The van der Waals surface area contributed by atoms with Crippen molar-refractivity contribution in [2.45, 2.75) is 65.4 Å². The van der Waals surface area contributed by atoms with Crippen LogP contribution in [0.4, 0.5) is 4.79 Å². The molecule has 3 aliphatic rings. The lowest BCUT2D eigenvalue weighted by Gasteiger charge is -2.24. The van der Waals surface area contributed by atoms with Gasteiger partial charge in [0.2, 0.25) is 0 Å². The molecule has 0 aromatic heterocycles. The Morgan fingerprint density at radius 3 is 2.05 bits per heavy atom. The third-order valence-electron chi connectivity index (χ3n) is 5.01. The molecular formula is C18H36N2O2. The molecule has 1 N–H and O–H groups in total. The number of nitrogens with one attached hydrogen (secondary N) is 1. The highest BCUT2D eigenvalue weighted by Crippen LogP contribution is 2.38. The minimum absolute atomic E-state index is 0. The Labute approximate surface area is 137 Å². The van der Waals surface area contributed by atoms with Gasteiger partial charge in [0.25, 0.3) is 0 Å². The highest BCUT2D eigenvalue weighted by Gasteiger charge is 2.39. The fraction of sp³-hybridized carbons (Fsp3) is 0.944. The average Bonchev–Trinajstić information content (AvgIpc) is 2.98. The van der Waals surface area contributed by atoms with Gasteiger partial charge in [-0.1, -0.05) is 13.3 Å². The van der Waals surface area contributed by atoms with E-state index in [2.05, 4.69) is 12.2 Å². The summed E-state index contributed by atoms with van der Waals surface area (Å²) in [5.74, 6) is 2.47. The summed E-state index contributed by atoms with van der Waals surface area (Å²) in [5, 5.41) is 3.32. The number of nitrogens with zero attached hydrogens (tertiary/aromatic N) is 1. The van der Waals surface area contributed by atoms with Gasteiger partial charge >= 0.3 is 6.09 Å². The maximum absolute atomic E-state index is 11.8. The molecule has 130 valence electrons. The molecule has 3 fully saturated rings. The summed E-state index contributed by atoms with van der Waals surface area (Å²) in [6, 6.07) is 0. The van der Waals surface area contributed by atoms with Crippen LogP contribution in [0.1, 0.15) is 61.2 Å². The molecule has 0 radical (unpaired) electrons. The predicted molar refractivity (Wildman–Crippen MR) is 92.0 cm³/mol. The van der Waals surface area contributed by atoms with Gasteiger partial charge in [-0.05, 0) is 77.3 Å². The van der Waals surface area contributed by atoms with Crippen molar-refractivity contribution in [1.29, 1.82) is 0 Å². The standard InChI is InChI=1S/C12H21NO2.C6H13N.H2/c1-12(2,3)15-11(14)13-7-9-5-4-6-10(9)8-13;1-6-2-4-7-5-3-6;/h9-10H,4-8H2,1-3H3;6-7H,2-5H2,1H3;1H/t9-,10?;;/m0../s1. The van der Waals surface area contributed by atoms with Crippen LogP contribution in [0, 0.1) is 17.8 Å². The van der Waals surface area contributed by atoms with E-state index in [4.69, 9.17) is 4.74 Å². The number of hydrogen-bond donors (Lipinski definition) is 1. The second-order valence-electron chi connectivity index (χ2n) is 8.27. The molecule has 2 aliphatic heterocycles. The maximum Gasteiger partial charge on any atom is 0.410 e. The monoisotopic (exact) mass is 312 g/mol. The van der Waals surface area contributed by atoms with Crippen molar-refractivity contribution in [2.75, 3.05) is 26.2 Å². The highest BCUT2D eigenvalue weighted by atomic mass is 16.6. The van der Waals surface area contributed by atoms with E-state index in [1.807, 2.05) is 25.7 Å². The first-order valence-electron chi connectivity index (χ1n) is 9.04. The Morgan fingerprint density at radius 2 is 1.64 bits per heavy atom. The van der Waals surface area contributed by atoms with Crippen LogP contribution in [0.15, 0.2) is 0 Å². The highest BCUT2D eigenvalue weighted by molar-refractivity contribution is 5.68. The Kier molecular flexibility index (Phi) is 6.13. The summed E-state index contributed by atoms with van der Waals surface area (Å²) in [6.07, 6.45) is 6.56. The molecule has 1 saturated carbocycles. The van der Waals surface area contributed by atoms with Crippen molar-refractivity contribution in [1.82, 2.24) is 10.2 Å². The van der Waals surface area contributed by atoms with E-state index in [1.165, 1.54) is 45.2 Å². The summed E-state index contributed by atoms with van der Waals surface area (Å²) in [5.41, 5.74) is -0.366. The molecular weight excluding hydrogens is 276 g/mol. The Balaban J connectivity index is 0.000000280. The fourth-order valence-electron chi connectivity index (χ4n) is 3.68. The van der Waals surface area contributed by atoms with Gasteiger partial charge in [-0.15, -0.1) is 0 Å². The molecule has 1 amide bonds. The van der Waals surface area contributed by atoms with Gasteiger partial charge in [0, 0.05) is 14.5 Å². The fourth-order valence-corrected chi connectivity index (χ4v) is 3.68. The molecule has 1 unspecified atom stereocenters. The van der Waals surface area contributed by atoms with E-state index in [0.717, 1.165) is 30.8 Å². The van der Waals surface area contributed by atoms with Crippen LogP contribution in [0.3, 0.4) is 0 Å². The SMILES string of the molecule is CC(C)(C)OC(=O)N1CC2CCC[C@H]2C1.CC1CCNCC1.[HH]. The molecule has 2 saturated heterocycles. The minimum atomic E-state index is -0.366. The second-order valence-corrected chi connectivity index (χ2v) is 8.27. The van der Waals surface area contributed by atoms with Gasteiger partial charge in [-0.3, -0.25) is 0 Å². The van der Waals surface area contributed by atoms with Crippen molar-refractivity contribution < 1.29 is 11.0 Å². The van der Waals surface area contributed by atoms with Gasteiger partial charge in [0.15, 0.2) is 0 Å². The summed E-state index contributed by atoms with van der Waals surface area (Å²) in [6.45, 7) is 12.4. The maximum atomic E-state index is 11.8. The zero-order chi connectivity index (χ0) is 16.2. The quantitative estimate of drug-likeness (QED) is 0.737. The predicted octanol–water partition coefficient (Wildman–Crippen LogP) is 3.91. The number of piperidine rings is 1. The van der Waals surface area contributed by atoms with Gasteiger partial charge in [0.05, 0.1) is 0 Å². The normalized spacial score (nSPS) is 28.8. The lowest BCUT2D eigenvalue weighted by Crippen LogP contribution is -2.35. The molecule has 1 aliphatic carbocycles. The first-order valence-corrected chi connectivity index (χ1v) is 9.04. The van der Waals surface area contributed by atoms with Crippen molar-refractivity contribution in [3.05, 3.63) is 0 Å². The molecule has 0 bridgehead atoms. The van der Waals surface area contributed by atoms with Crippen LogP contribution in [0.2, 0.25) is 0 Å². The lowest BCUT2D eigenvalue weighted by molar-refractivity contribution is 0.0280. The molecule has 0 aromatic carbocycles. The van der Waals surface area contributed by atoms with Gasteiger partial charge in [-0.25, -0.2) is 4.79 Å². The van der Waals surface area contributed by atoms with Crippen LogP contribution < -0.4 is 5.32 Å². The van der Waals surface area contributed by atoms with E-state index in [1.54, 1.807) is 0 Å². The Morgan fingerprint density at radius 1 is 1.09 bits per heavy atom. The number of carbonyl (C=O) groups is 1. The molecule has 22 heavy (non-hydrogen) atoms. The van der Waals surface area contributed by atoms with Gasteiger partial charge in [0.1, 0.15) is 5.60 Å². The molecule has 3 rings (SSSR count). The number of ether oxygens (including phenoxy) is 1. The number of rotatable bonds is 0. The smallest absolute Gasteiger partial charge is 0.410 e. The third kappa shape index (κ3) is 5.45. The van der Waals surface area contributed by atoms with Crippen LogP contribution in [-0.2, 0) is 4.74 Å². The Hall–Kier alpha value is -0.770.